The van der Waals surface area contributed by atoms with Gasteiger partial charge in [0.2, 0.25) is 0 Å². The molecule has 29 heavy (non-hydrogen) atoms. The number of hydrogen-bond donors (Lipinski definition) is 3. The molecule has 11 nitrogen and oxygen atoms in total. The van der Waals surface area contributed by atoms with E-state index in [1.807, 2.05) is 12.2 Å². The first kappa shape index (κ1) is 22.6. The molecule has 6 amide bonds. The second-order valence-corrected chi connectivity index (χ2v) is 7.25. The van der Waals surface area contributed by atoms with E-state index >= 15 is 0 Å². The molecular formula is C18H28N4O7. The van der Waals surface area contributed by atoms with Gasteiger partial charge in [-0.25, -0.2) is 9.59 Å². The van der Waals surface area contributed by atoms with Gasteiger partial charge in [-0.15, -0.1) is 0 Å². The fourth-order valence-electron chi connectivity index (χ4n) is 3.59. The number of amides is 6. The highest BCUT2D eigenvalue weighted by atomic mass is 16.5. The highest BCUT2D eigenvalue weighted by molar-refractivity contribution is 6.09. The largest absolute Gasteiger partial charge is 0.454 e. The Kier molecular flexibility index (Phi) is 7.94. The molecule has 2 atom stereocenters. The number of methoxy groups -OCH3 is 1. The third kappa shape index (κ3) is 5.66. The zero-order valence-electron chi connectivity index (χ0n) is 16.7. The number of imide groups is 2. The van der Waals surface area contributed by atoms with E-state index in [4.69, 9.17) is 9.47 Å². The van der Waals surface area contributed by atoms with Gasteiger partial charge in [0.15, 0.2) is 6.61 Å². The molecular weight excluding hydrogens is 384 g/mol. The lowest BCUT2D eigenvalue weighted by Crippen LogP contribution is -2.54. The lowest BCUT2D eigenvalue weighted by molar-refractivity contribution is -0.151. The molecule has 3 N–H and O–H groups in total. The van der Waals surface area contributed by atoms with Crippen LogP contribution in [0, 0.1) is 5.92 Å². The topological polar surface area (TPSA) is 143 Å². The zero-order chi connectivity index (χ0) is 21.4. The van der Waals surface area contributed by atoms with Gasteiger partial charge in [0.05, 0.1) is 0 Å². The van der Waals surface area contributed by atoms with E-state index in [-0.39, 0.29) is 5.92 Å². The van der Waals surface area contributed by atoms with Crippen molar-refractivity contribution in [3.63, 3.8) is 0 Å². The van der Waals surface area contributed by atoms with Crippen LogP contribution >= 0.6 is 0 Å². The van der Waals surface area contributed by atoms with Crippen molar-refractivity contribution >= 4 is 29.8 Å². The summed E-state index contributed by atoms with van der Waals surface area (Å²) in [5.74, 6) is -2.20. The number of ether oxygens (including phenoxy) is 2. The van der Waals surface area contributed by atoms with Crippen molar-refractivity contribution in [2.45, 2.75) is 44.6 Å². The smallest absolute Gasteiger partial charge is 0.326 e. The maximum Gasteiger partial charge on any atom is 0.326 e. The fourth-order valence-corrected chi connectivity index (χ4v) is 3.59. The molecule has 2 fully saturated rings. The summed E-state index contributed by atoms with van der Waals surface area (Å²) in [5, 5.41) is 7.19. The van der Waals surface area contributed by atoms with Crippen molar-refractivity contribution in [3.8, 4) is 0 Å². The highest BCUT2D eigenvalue weighted by Gasteiger charge is 2.55. The van der Waals surface area contributed by atoms with Gasteiger partial charge in [0.1, 0.15) is 12.1 Å². The van der Waals surface area contributed by atoms with Crippen LogP contribution in [0.4, 0.5) is 9.59 Å². The minimum absolute atomic E-state index is 0.0260. The normalized spacial score (nSPS) is 23.7. The van der Waals surface area contributed by atoms with Crippen LogP contribution < -0.4 is 16.0 Å². The van der Waals surface area contributed by atoms with E-state index in [0.29, 0.717) is 26.0 Å². The lowest BCUT2D eigenvalue weighted by Gasteiger charge is -2.36. The molecule has 0 aromatic rings. The molecule has 0 unspecified atom stereocenters. The minimum atomic E-state index is -0.964. The average Bonchev–Trinajstić information content (AvgIpc) is 2.91. The van der Waals surface area contributed by atoms with Gasteiger partial charge < -0.3 is 20.1 Å². The van der Waals surface area contributed by atoms with E-state index in [0.717, 1.165) is 24.2 Å². The van der Waals surface area contributed by atoms with E-state index in [1.165, 1.54) is 7.11 Å². The molecule has 0 aromatic carbocycles. The number of carbonyl (C=O) groups is 5. The van der Waals surface area contributed by atoms with Gasteiger partial charge in [0.25, 0.3) is 11.8 Å². The summed E-state index contributed by atoms with van der Waals surface area (Å²) >= 11 is 0. The highest BCUT2D eigenvalue weighted by Crippen LogP contribution is 2.38. The van der Waals surface area contributed by atoms with Gasteiger partial charge >= 0.3 is 18.0 Å². The number of nitrogens with zero attached hydrogens (tertiary/aromatic N) is 1. The molecule has 1 heterocycles. The number of carbonyl (C=O) groups excluding carboxylic acids is 5. The van der Waals surface area contributed by atoms with Gasteiger partial charge in [-0.05, 0) is 25.2 Å². The van der Waals surface area contributed by atoms with Crippen molar-refractivity contribution in [2.24, 2.45) is 5.92 Å². The summed E-state index contributed by atoms with van der Waals surface area (Å²) in [5.41, 5.74) is -0.964. The van der Waals surface area contributed by atoms with Crippen LogP contribution in [0.3, 0.4) is 0 Å². The molecule has 1 aliphatic carbocycles. The average molecular weight is 412 g/mol. The molecule has 1 aliphatic heterocycles. The fraction of sp³-hybridized carbons (Fsp3) is 0.722. The molecule has 0 aromatic heterocycles. The van der Waals surface area contributed by atoms with Crippen LogP contribution in [0.5, 0.6) is 0 Å². The third-order valence-electron chi connectivity index (χ3n) is 5.22. The number of urea groups is 2. The monoisotopic (exact) mass is 412 g/mol. The Morgan fingerprint density at radius 1 is 1.28 bits per heavy atom. The van der Waals surface area contributed by atoms with Crippen LogP contribution in [0.25, 0.3) is 0 Å². The predicted octanol–water partition coefficient (Wildman–Crippen LogP) is -0.107. The summed E-state index contributed by atoms with van der Waals surface area (Å²) in [6, 6.07) is -1.36. The zero-order valence-corrected chi connectivity index (χ0v) is 16.7. The molecule has 1 saturated carbocycles. The van der Waals surface area contributed by atoms with Crippen molar-refractivity contribution in [3.05, 3.63) is 0 Å². The van der Waals surface area contributed by atoms with Gasteiger partial charge in [0, 0.05) is 20.3 Å². The summed E-state index contributed by atoms with van der Waals surface area (Å²) in [6.45, 7) is 1.41. The summed E-state index contributed by atoms with van der Waals surface area (Å²) in [7, 11) is 1.53. The maximum atomic E-state index is 12.8. The van der Waals surface area contributed by atoms with Crippen LogP contribution in [-0.4, -0.2) is 73.7 Å². The molecule has 11 heteroatoms. The van der Waals surface area contributed by atoms with Crippen molar-refractivity contribution in [1.29, 1.82) is 0 Å². The second-order valence-electron chi connectivity index (χ2n) is 7.25. The third-order valence-corrected chi connectivity index (χ3v) is 5.22. The van der Waals surface area contributed by atoms with E-state index in [1.54, 1.807) is 0 Å². The maximum absolute atomic E-state index is 12.8. The van der Waals surface area contributed by atoms with E-state index in [2.05, 4.69) is 10.6 Å². The SMILES string of the molecule is COCCCNC(=O)NC(=O)COC(=O)CN1C(=O)N[C@@]2(CCCC[C@H]2C)C1=O. The Morgan fingerprint density at radius 2 is 2.03 bits per heavy atom. The van der Waals surface area contributed by atoms with Gasteiger partial charge in [-0.1, -0.05) is 19.8 Å². The van der Waals surface area contributed by atoms with Gasteiger partial charge in [-0.2, -0.15) is 0 Å². The first-order chi connectivity index (χ1) is 13.8. The number of esters is 1. The Hall–Kier alpha value is -2.69. The van der Waals surface area contributed by atoms with Crippen LogP contribution in [0.1, 0.15) is 39.0 Å². The minimum Gasteiger partial charge on any atom is -0.454 e. The molecule has 162 valence electrons. The molecule has 2 rings (SSSR count). The van der Waals surface area contributed by atoms with Crippen LogP contribution in [-0.2, 0) is 23.9 Å². The Morgan fingerprint density at radius 3 is 2.72 bits per heavy atom. The first-order valence-corrected chi connectivity index (χ1v) is 9.66. The Balaban J connectivity index is 1.76. The summed E-state index contributed by atoms with van der Waals surface area (Å²) < 4.78 is 9.61. The Bertz CT molecular complexity index is 669. The predicted molar refractivity (Wildman–Crippen MR) is 99.6 cm³/mol. The van der Waals surface area contributed by atoms with Crippen molar-refractivity contribution in [2.75, 3.05) is 33.4 Å². The van der Waals surface area contributed by atoms with Crippen LogP contribution in [0.15, 0.2) is 0 Å². The molecule has 2 aliphatic rings. The molecule has 0 bridgehead atoms. The standard InChI is InChI=1S/C18H28N4O7/c1-12-6-3-4-7-18(12)15(25)22(17(27)21-18)10-14(24)29-11-13(23)20-16(26)19-8-5-9-28-2/h12H,3-11H2,1-2H3,(H,21,27)(H2,19,20,23,26)/t12-,18-/m1/s1. The lowest BCUT2D eigenvalue weighted by atomic mass is 9.73. The Labute approximate surface area is 168 Å². The number of hydrogen-bond acceptors (Lipinski definition) is 7. The van der Waals surface area contributed by atoms with Crippen molar-refractivity contribution < 1.29 is 33.4 Å². The first-order valence-electron chi connectivity index (χ1n) is 9.66. The van der Waals surface area contributed by atoms with Gasteiger partial charge in [-0.3, -0.25) is 24.6 Å². The number of nitrogens with one attached hydrogen (secondary N) is 3. The van der Waals surface area contributed by atoms with Crippen LogP contribution in [0.2, 0.25) is 0 Å². The molecule has 1 spiro atoms. The summed E-state index contributed by atoms with van der Waals surface area (Å²) in [4.78, 5) is 61.0. The van der Waals surface area contributed by atoms with Crippen molar-refractivity contribution in [1.82, 2.24) is 20.9 Å². The van der Waals surface area contributed by atoms with E-state index < -0.39 is 48.5 Å². The number of rotatable bonds is 8. The van der Waals surface area contributed by atoms with E-state index in [9.17, 15) is 24.0 Å². The molecule has 0 radical (unpaired) electrons. The summed E-state index contributed by atoms with van der Waals surface area (Å²) in [6.07, 6.45) is 3.74. The second kappa shape index (κ2) is 10.2. The molecule has 1 saturated heterocycles. The quantitative estimate of drug-likeness (QED) is 0.287.